The van der Waals surface area contributed by atoms with Gasteiger partial charge in [0.1, 0.15) is 11.6 Å². The highest BCUT2D eigenvalue weighted by Gasteiger charge is 2.08. The lowest BCUT2D eigenvalue weighted by atomic mass is 10.2. The summed E-state index contributed by atoms with van der Waals surface area (Å²) in [6, 6.07) is 13.6. The van der Waals surface area contributed by atoms with E-state index in [1.165, 1.54) is 28.0 Å². The summed E-state index contributed by atoms with van der Waals surface area (Å²) in [6.45, 7) is 2.54. The summed E-state index contributed by atoms with van der Waals surface area (Å²) < 4.78 is 20.2. The van der Waals surface area contributed by atoms with Gasteiger partial charge in [0.15, 0.2) is 5.82 Å². The van der Waals surface area contributed by atoms with Gasteiger partial charge in [0.25, 0.3) is 5.56 Å². The quantitative estimate of drug-likeness (QED) is 0.521. The average Bonchev–Trinajstić information content (AvgIpc) is 3.22. The lowest BCUT2D eigenvalue weighted by Gasteiger charge is -2.01. The molecule has 0 fully saturated rings. The fourth-order valence-electron chi connectivity index (χ4n) is 2.64. The minimum absolute atomic E-state index is 0.206. The van der Waals surface area contributed by atoms with Gasteiger partial charge >= 0.3 is 0 Å². The second kappa shape index (κ2) is 7.74. The molecule has 0 amide bonds. The van der Waals surface area contributed by atoms with Crippen molar-refractivity contribution in [1.82, 2.24) is 14.6 Å². The van der Waals surface area contributed by atoms with Crippen molar-refractivity contribution in [1.29, 1.82) is 0 Å². The third-order valence-corrected chi connectivity index (χ3v) is 4.94. The molecule has 140 valence electrons. The molecule has 7 heteroatoms. The first kappa shape index (κ1) is 18.1. The van der Waals surface area contributed by atoms with Gasteiger partial charge in [0.2, 0.25) is 4.96 Å². The molecule has 2 aromatic carbocycles. The van der Waals surface area contributed by atoms with Crippen LogP contribution in [0, 0.1) is 5.82 Å². The van der Waals surface area contributed by atoms with E-state index in [4.69, 9.17) is 4.74 Å². The van der Waals surface area contributed by atoms with Gasteiger partial charge in [0.05, 0.1) is 11.1 Å². The second-order valence-electron chi connectivity index (χ2n) is 5.97. The van der Waals surface area contributed by atoms with Crippen LogP contribution in [0.2, 0.25) is 0 Å². The summed E-state index contributed by atoms with van der Waals surface area (Å²) in [5, 5.41) is 4.25. The number of aromatic nitrogens is 3. The lowest BCUT2D eigenvalue weighted by molar-refractivity contribution is 0.340. The van der Waals surface area contributed by atoms with Gasteiger partial charge in [-0.15, -0.1) is 5.10 Å². The number of rotatable bonds is 5. The molecule has 28 heavy (non-hydrogen) atoms. The molecule has 0 aliphatic rings. The van der Waals surface area contributed by atoms with Crippen LogP contribution in [-0.2, 0) is 0 Å². The average molecular weight is 393 g/mol. The predicted octanol–water partition coefficient (Wildman–Crippen LogP) is 3.41. The van der Waals surface area contributed by atoms with Gasteiger partial charge < -0.3 is 4.74 Å². The Morgan fingerprint density at radius 2 is 1.79 bits per heavy atom. The summed E-state index contributed by atoms with van der Waals surface area (Å²) in [4.78, 5) is 17.5. The maximum absolute atomic E-state index is 12.9. The van der Waals surface area contributed by atoms with Crippen LogP contribution >= 0.6 is 11.3 Å². The molecule has 0 saturated carbocycles. The van der Waals surface area contributed by atoms with Crippen LogP contribution in [0.1, 0.15) is 23.9 Å². The van der Waals surface area contributed by atoms with Crippen LogP contribution in [0.5, 0.6) is 5.75 Å². The van der Waals surface area contributed by atoms with Crippen molar-refractivity contribution < 1.29 is 9.13 Å². The smallest absolute Gasteiger partial charge is 0.291 e. The number of hydrogen-bond acceptors (Lipinski definition) is 5. The van der Waals surface area contributed by atoms with Gasteiger partial charge in [-0.05, 0) is 54.5 Å². The molecule has 0 aliphatic heterocycles. The zero-order valence-corrected chi connectivity index (χ0v) is 15.8. The molecule has 0 saturated heterocycles. The Bertz CT molecular complexity index is 1240. The first-order chi connectivity index (χ1) is 13.6. The van der Waals surface area contributed by atoms with Crippen molar-refractivity contribution in [3.05, 3.63) is 86.2 Å². The Labute approximate surface area is 164 Å². The van der Waals surface area contributed by atoms with Gasteiger partial charge in [-0.2, -0.15) is 9.50 Å². The number of benzene rings is 2. The molecular formula is C21H16FN3O2S. The summed E-state index contributed by atoms with van der Waals surface area (Å²) in [7, 11) is 0. The van der Waals surface area contributed by atoms with E-state index in [0.29, 0.717) is 21.9 Å². The van der Waals surface area contributed by atoms with E-state index >= 15 is 0 Å². The van der Waals surface area contributed by atoms with Crippen molar-refractivity contribution >= 4 is 34.5 Å². The molecule has 4 rings (SSSR count). The number of thiazole rings is 1. The molecule has 5 nitrogen and oxygen atoms in total. The maximum Gasteiger partial charge on any atom is 0.291 e. The standard InChI is InChI=1S/C21H16FN3O2S/c1-2-27-17-10-5-15(6-11-17)13-18-20(26)25-21(28-18)23-19(24-25)12-7-14-3-8-16(22)9-4-14/h3-13H,2H2,1H3/b12-7+,18-13-. The van der Waals surface area contributed by atoms with Crippen LogP contribution in [-0.4, -0.2) is 21.2 Å². The number of nitrogens with zero attached hydrogens (tertiary/aromatic N) is 3. The van der Waals surface area contributed by atoms with Gasteiger partial charge in [-0.3, -0.25) is 4.79 Å². The third-order valence-electron chi connectivity index (χ3n) is 3.98. The van der Waals surface area contributed by atoms with Gasteiger partial charge in [0, 0.05) is 0 Å². The highest BCUT2D eigenvalue weighted by atomic mass is 32.1. The molecule has 4 aromatic rings. The number of halogens is 1. The molecule has 0 aliphatic carbocycles. The SMILES string of the molecule is CCOc1ccc(/C=c2\sc3nc(/C=C/c4ccc(F)cc4)nn3c2=O)cc1. The molecule has 0 spiro atoms. The Balaban J connectivity index is 1.60. The molecule has 2 heterocycles. The highest BCUT2D eigenvalue weighted by molar-refractivity contribution is 7.15. The van der Waals surface area contributed by atoms with Crippen molar-refractivity contribution in [2.45, 2.75) is 6.92 Å². The van der Waals surface area contributed by atoms with Gasteiger partial charge in [-0.1, -0.05) is 41.7 Å². The van der Waals surface area contributed by atoms with Crippen molar-refractivity contribution in [3.8, 4) is 5.75 Å². The zero-order valence-electron chi connectivity index (χ0n) is 15.0. The largest absolute Gasteiger partial charge is 0.494 e. The molecule has 2 aromatic heterocycles. The minimum Gasteiger partial charge on any atom is -0.494 e. The fourth-order valence-corrected chi connectivity index (χ4v) is 3.56. The second-order valence-corrected chi connectivity index (χ2v) is 6.98. The Hall–Kier alpha value is -3.32. The molecule has 0 atom stereocenters. The van der Waals surface area contributed by atoms with E-state index in [9.17, 15) is 9.18 Å². The summed E-state index contributed by atoms with van der Waals surface area (Å²) in [6.07, 6.45) is 5.28. The van der Waals surface area contributed by atoms with Crippen molar-refractivity contribution in [3.63, 3.8) is 0 Å². The fraction of sp³-hybridized carbons (Fsp3) is 0.0952. The van der Waals surface area contributed by atoms with Crippen LogP contribution in [0.25, 0.3) is 23.2 Å². The van der Waals surface area contributed by atoms with Crippen LogP contribution in [0.4, 0.5) is 4.39 Å². The van der Waals surface area contributed by atoms with E-state index in [1.54, 1.807) is 24.3 Å². The summed E-state index contributed by atoms with van der Waals surface area (Å²) in [5.74, 6) is 0.938. The topological polar surface area (TPSA) is 56.5 Å². The van der Waals surface area contributed by atoms with E-state index in [0.717, 1.165) is 16.9 Å². The minimum atomic E-state index is -0.287. The van der Waals surface area contributed by atoms with Crippen LogP contribution < -0.4 is 14.8 Å². The van der Waals surface area contributed by atoms with Gasteiger partial charge in [-0.25, -0.2) is 4.39 Å². The molecule has 0 bridgehead atoms. The molecular weight excluding hydrogens is 377 g/mol. The highest BCUT2D eigenvalue weighted by Crippen LogP contribution is 2.13. The van der Waals surface area contributed by atoms with E-state index in [-0.39, 0.29) is 11.4 Å². The molecule has 0 N–H and O–H groups in total. The number of fused-ring (bicyclic) bond motifs is 1. The van der Waals surface area contributed by atoms with Crippen molar-refractivity contribution in [2.24, 2.45) is 0 Å². The Morgan fingerprint density at radius 3 is 2.46 bits per heavy atom. The Kier molecular flexibility index (Phi) is 4.99. The van der Waals surface area contributed by atoms with E-state index in [1.807, 2.05) is 37.3 Å². The van der Waals surface area contributed by atoms with E-state index < -0.39 is 0 Å². The first-order valence-electron chi connectivity index (χ1n) is 8.70. The summed E-state index contributed by atoms with van der Waals surface area (Å²) >= 11 is 1.28. The number of hydrogen-bond donors (Lipinski definition) is 0. The Morgan fingerprint density at radius 1 is 1.07 bits per heavy atom. The van der Waals surface area contributed by atoms with Crippen molar-refractivity contribution in [2.75, 3.05) is 6.61 Å². The third kappa shape index (κ3) is 3.84. The molecule has 0 radical (unpaired) electrons. The van der Waals surface area contributed by atoms with E-state index in [2.05, 4.69) is 10.1 Å². The summed E-state index contributed by atoms with van der Waals surface area (Å²) in [5.41, 5.74) is 1.52. The maximum atomic E-state index is 12.9. The normalized spacial score (nSPS) is 12.3. The first-order valence-corrected chi connectivity index (χ1v) is 9.52. The number of ether oxygens (including phenoxy) is 1. The monoisotopic (exact) mass is 393 g/mol. The van der Waals surface area contributed by atoms with Crippen LogP contribution in [0.3, 0.4) is 0 Å². The predicted molar refractivity (Wildman–Crippen MR) is 109 cm³/mol. The van der Waals surface area contributed by atoms with Crippen LogP contribution in [0.15, 0.2) is 53.3 Å². The zero-order chi connectivity index (χ0) is 19.5. The lowest BCUT2D eigenvalue weighted by Crippen LogP contribution is -2.23. The molecule has 0 unspecified atom stereocenters.